The summed E-state index contributed by atoms with van der Waals surface area (Å²) in [5.74, 6) is -0.154. The number of nitrogens with one attached hydrogen (secondary N) is 2. The second-order valence-electron chi connectivity index (χ2n) is 5.39. The zero-order valence-electron chi connectivity index (χ0n) is 13.0. The van der Waals surface area contributed by atoms with E-state index < -0.39 is 5.82 Å². The molecule has 0 radical (unpaired) electrons. The lowest BCUT2D eigenvalue weighted by Crippen LogP contribution is -2.32. The molecule has 21 heavy (non-hydrogen) atoms. The van der Waals surface area contributed by atoms with Crippen LogP contribution in [0.15, 0.2) is 18.2 Å². The van der Waals surface area contributed by atoms with Gasteiger partial charge in [-0.3, -0.25) is 4.79 Å². The molecule has 4 nitrogen and oxygen atoms in total. The summed E-state index contributed by atoms with van der Waals surface area (Å²) in [6.45, 7) is 7.87. The van der Waals surface area contributed by atoms with Crippen molar-refractivity contribution in [3.05, 3.63) is 29.6 Å². The topological polar surface area (TPSA) is 50.4 Å². The lowest BCUT2D eigenvalue weighted by atomic mass is 10.2. The van der Waals surface area contributed by atoms with E-state index in [0.29, 0.717) is 19.0 Å². The molecule has 0 aromatic heterocycles. The molecular formula is C16H25FN2O2. The van der Waals surface area contributed by atoms with E-state index in [1.807, 2.05) is 13.8 Å². The second kappa shape index (κ2) is 9.34. The molecule has 5 heteroatoms. The Hall–Kier alpha value is -1.62. The molecule has 0 aliphatic carbocycles. The van der Waals surface area contributed by atoms with Crippen molar-refractivity contribution in [1.82, 2.24) is 10.6 Å². The Morgan fingerprint density at radius 3 is 2.81 bits per heavy atom. The normalized spacial score (nSPS) is 10.7. The minimum atomic E-state index is -0.442. The van der Waals surface area contributed by atoms with Crippen LogP contribution in [0.3, 0.4) is 0 Å². The van der Waals surface area contributed by atoms with Crippen molar-refractivity contribution in [1.29, 1.82) is 0 Å². The molecule has 0 fully saturated rings. The van der Waals surface area contributed by atoms with Crippen molar-refractivity contribution >= 4 is 5.91 Å². The summed E-state index contributed by atoms with van der Waals surface area (Å²) < 4.78 is 19.2. The number of para-hydroxylation sites is 1. The van der Waals surface area contributed by atoms with Crippen molar-refractivity contribution in [2.24, 2.45) is 5.92 Å². The monoisotopic (exact) mass is 296 g/mol. The van der Waals surface area contributed by atoms with Crippen molar-refractivity contribution < 1.29 is 13.9 Å². The van der Waals surface area contributed by atoms with Crippen LogP contribution < -0.4 is 15.4 Å². The van der Waals surface area contributed by atoms with Crippen molar-refractivity contribution in [3.63, 3.8) is 0 Å². The first-order valence-electron chi connectivity index (χ1n) is 7.42. The Labute approximate surface area is 126 Å². The maximum absolute atomic E-state index is 13.8. The SMILES string of the molecule is CCCNCc1cccc(F)c1OCC(=O)NCC(C)C. The first kappa shape index (κ1) is 17.4. The Kier molecular flexibility index (Phi) is 7.75. The van der Waals surface area contributed by atoms with Crippen LogP contribution in [-0.2, 0) is 11.3 Å². The van der Waals surface area contributed by atoms with Crippen LogP contribution in [0.4, 0.5) is 4.39 Å². The number of ether oxygens (including phenoxy) is 1. The van der Waals surface area contributed by atoms with E-state index in [-0.39, 0.29) is 18.3 Å². The molecule has 0 atom stereocenters. The Morgan fingerprint density at radius 2 is 2.14 bits per heavy atom. The third-order valence-corrected chi connectivity index (χ3v) is 2.85. The van der Waals surface area contributed by atoms with Gasteiger partial charge in [0.15, 0.2) is 18.2 Å². The minimum absolute atomic E-state index is 0.154. The van der Waals surface area contributed by atoms with Gasteiger partial charge in [0, 0.05) is 18.7 Å². The summed E-state index contributed by atoms with van der Waals surface area (Å²) in [5, 5.41) is 5.94. The fourth-order valence-electron chi connectivity index (χ4n) is 1.76. The molecule has 1 aromatic rings. The third-order valence-electron chi connectivity index (χ3n) is 2.85. The van der Waals surface area contributed by atoms with E-state index in [2.05, 4.69) is 17.6 Å². The largest absolute Gasteiger partial charge is 0.480 e. The highest BCUT2D eigenvalue weighted by molar-refractivity contribution is 5.77. The van der Waals surface area contributed by atoms with Crippen LogP contribution in [0, 0.1) is 11.7 Å². The van der Waals surface area contributed by atoms with Crippen molar-refractivity contribution in [3.8, 4) is 5.75 Å². The lowest BCUT2D eigenvalue weighted by molar-refractivity contribution is -0.123. The lowest BCUT2D eigenvalue weighted by Gasteiger charge is -2.13. The molecule has 118 valence electrons. The van der Waals surface area contributed by atoms with Gasteiger partial charge in [0.05, 0.1) is 0 Å². The fraction of sp³-hybridized carbons (Fsp3) is 0.562. The Bertz CT molecular complexity index is 450. The molecule has 0 spiro atoms. The van der Waals surface area contributed by atoms with Crippen molar-refractivity contribution in [2.45, 2.75) is 33.7 Å². The molecule has 0 saturated carbocycles. The van der Waals surface area contributed by atoms with E-state index in [1.54, 1.807) is 12.1 Å². The van der Waals surface area contributed by atoms with E-state index in [0.717, 1.165) is 18.5 Å². The number of rotatable bonds is 9. The summed E-state index contributed by atoms with van der Waals surface area (Å²) in [6.07, 6.45) is 1.00. The van der Waals surface area contributed by atoms with Crippen LogP contribution in [-0.4, -0.2) is 25.6 Å². The van der Waals surface area contributed by atoms with Crippen LogP contribution in [0.1, 0.15) is 32.8 Å². The predicted octanol–water partition coefficient (Wildman–Crippen LogP) is 2.48. The molecule has 0 unspecified atom stereocenters. The Morgan fingerprint density at radius 1 is 1.38 bits per heavy atom. The third kappa shape index (κ3) is 6.58. The van der Waals surface area contributed by atoms with Crippen LogP contribution in [0.5, 0.6) is 5.75 Å². The van der Waals surface area contributed by atoms with E-state index in [1.165, 1.54) is 6.07 Å². The van der Waals surface area contributed by atoms with Crippen LogP contribution in [0.25, 0.3) is 0 Å². The summed E-state index contributed by atoms with van der Waals surface area (Å²) in [4.78, 5) is 11.6. The number of amides is 1. The number of hydrogen-bond acceptors (Lipinski definition) is 3. The molecule has 2 N–H and O–H groups in total. The van der Waals surface area contributed by atoms with Gasteiger partial charge in [-0.25, -0.2) is 4.39 Å². The average molecular weight is 296 g/mol. The molecule has 0 heterocycles. The van der Waals surface area contributed by atoms with Gasteiger partial charge in [0.2, 0.25) is 0 Å². The molecule has 1 rings (SSSR count). The first-order valence-corrected chi connectivity index (χ1v) is 7.42. The van der Waals surface area contributed by atoms with Gasteiger partial charge in [-0.2, -0.15) is 0 Å². The predicted molar refractivity (Wildman–Crippen MR) is 81.7 cm³/mol. The second-order valence-corrected chi connectivity index (χ2v) is 5.39. The highest BCUT2D eigenvalue weighted by atomic mass is 19.1. The van der Waals surface area contributed by atoms with Gasteiger partial charge in [0.1, 0.15) is 0 Å². The van der Waals surface area contributed by atoms with Gasteiger partial charge >= 0.3 is 0 Å². The molecular weight excluding hydrogens is 271 g/mol. The summed E-state index contributed by atoms with van der Waals surface area (Å²) >= 11 is 0. The first-order chi connectivity index (χ1) is 10.0. The summed E-state index contributed by atoms with van der Waals surface area (Å²) in [7, 11) is 0. The molecule has 0 saturated heterocycles. The number of carbonyl (C=O) groups excluding carboxylic acids is 1. The number of carbonyl (C=O) groups is 1. The maximum Gasteiger partial charge on any atom is 0.257 e. The molecule has 0 bridgehead atoms. The molecule has 1 aromatic carbocycles. The average Bonchev–Trinajstić information content (AvgIpc) is 2.44. The molecule has 0 aliphatic rings. The number of hydrogen-bond donors (Lipinski definition) is 2. The van der Waals surface area contributed by atoms with Crippen LogP contribution >= 0.6 is 0 Å². The van der Waals surface area contributed by atoms with Crippen LogP contribution in [0.2, 0.25) is 0 Å². The summed E-state index contributed by atoms with van der Waals surface area (Å²) in [6, 6.07) is 4.78. The zero-order valence-corrected chi connectivity index (χ0v) is 13.0. The zero-order chi connectivity index (χ0) is 15.7. The van der Waals surface area contributed by atoms with Gasteiger partial charge in [-0.1, -0.05) is 32.9 Å². The van der Waals surface area contributed by atoms with Gasteiger partial charge in [-0.05, 0) is 24.9 Å². The maximum atomic E-state index is 13.8. The van der Waals surface area contributed by atoms with Gasteiger partial charge in [-0.15, -0.1) is 0 Å². The van der Waals surface area contributed by atoms with Gasteiger partial charge < -0.3 is 15.4 Å². The number of halogens is 1. The highest BCUT2D eigenvalue weighted by Gasteiger charge is 2.11. The van der Waals surface area contributed by atoms with E-state index in [4.69, 9.17) is 4.74 Å². The molecule has 0 aliphatic heterocycles. The molecule has 1 amide bonds. The van der Waals surface area contributed by atoms with Gasteiger partial charge in [0.25, 0.3) is 5.91 Å². The summed E-state index contributed by atoms with van der Waals surface area (Å²) in [5.41, 5.74) is 0.722. The van der Waals surface area contributed by atoms with Crippen molar-refractivity contribution in [2.75, 3.05) is 19.7 Å². The van der Waals surface area contributed by atoms with E-state index in [9.17, 15) is 9.18 Å². The Balaban J connectivity index is 2.58. The minimum Gasteiger partial charge on any atom is -0.480 e. The number of benzene rings is 1. The standard InChI is InChI=1S/C16H25FN2O2/c1-4-8-18-10-13-6-5-7-14(17)16(13)21-11-15(20)19-9-12(2)3/h5-7,12,18H,4,8-11H2,1-3H3,(H,19,20). The smallest absolute Gasteiger partial charge is 0.257 e. The van der Waals surface area contributed by atoms with E-state index >= 15 is 0 Å². The highest BCUT2D eigenvalue weighted by Crippen LogP contribution is 2.22. The quantitative estimate of drug-likeness (QED) is 0.688. The fourth-order valence-corrected chi connectivity index (χ4v) is 1.76.